The van der Waals surface area contributed by atoms with Crippen LogP contribution < -0.4 is 15.0 Å². The molecule has 4 amide bonds. The predicted molar refractivity (Wildman–Crippen MR) is 121 cm³/mol. The highest BCUT2D eigenvalue weighted by Gasteiger charge is 2.37. The Morgan fingerprint density at radius 2 is 1.77 bits per heavy atom. The summed E-state index contributed by atoms with van der Waals surface area (Å²) >= 11 is 6.79. The molecule has 6 nitrogen and oxygen atoms in total. The summed E-state index contributed by atoms with van der Waals surface area (Å²) in [6.45, 7) is 3.90. The average Bonchev–Trinajstić information content (AvgIpc) is 2.67. The molecule has 1 aliphatic heterocycles. The lowest BCUT2D eigenvalue weighted by molar-refractivity contribution is -0.122. The number of anilines is 1. The molecule has 0 aliphatic carbocycles. The van der Waals surface area contributed by atoms with Gasteiger partial charge in [-0.15, -0.1) is 6.42 Å². The Morgan fingerprint density at radius 3 is 2.37 bits per heavy atom. The van der Waals surface area contributed by atoms with Gasteiger partial charge in [0.2, 0.25) is 0 Å². The number of barbiturate groups is 1. The van der Waals surface area contributed by atoms with Crippen molar-refractivity contribution >= 4 is 61.5 Å². The summed E-state index contributed by atoms with van der Waals surface area (Å²) in [4.78, 5) is 38.7. The summed E-state index contributed by atoms with van der Waals surface area (Å²) in [5.41, 5.74) is 2.72. The monoisotopic (exact) mass is 530 g/mol. The third kappa shape index (κ3) is 4.32. The zero-order valence-electron chi connectivity index (χ0n) is 16.1. The molecule has 0 spiro atoms. The number of nitrogens with zero attached hydrogens (tertiary/aromatic N) is 1. The first-order valence-electron chi connectivity index (χ1n) is 8.77. The number of carbonyl (C=O) groups is 3. The molecule has 3 rings (SSSR count). The number of imide groups is 2. The SMILES string of the molecule is C#CCOc1c(Br)cc(/C=C2\C(=O)NC(=O)N(c3ccc(C)c(C)c3)C2=O)cc1Br. The Balaban J connectivity index is 2.00. The molecule has 152 valence electrons. The van der Waals surface area contributed by atoms with Crippen molar-refractivity contribution in [1.29, 1.82) is 0 Å². The Bertz CT molecular complexity index is 1130. The minimum atomic E-state index is -0.786. The van der Waals surface area contributed by atoms with Gasteiger partial charge in [0.15, 0.2) is 0 Å². The van der Waals surface area contributed by atoms with Crippen LogP contribution in [0, 0.1) is 26.2 Å². The van der Waals surface area contributed by atoms with Crippen molar-refractivity contribution in [2.24, 2.45) is 0 Å². The topological polar surface area (TPSA) is 75.7 Å². The summed E-state index contributed by atoms with van der Waals surface area (Å²) in [5, 5.41) is 2.22. The zero-order chi connectivity index (χ0) is 22.0. The number of carbonyl (C=O) groups excluding carboxylic acids is 3. The van der Waals surface area contributed by atoms with Gasteiger partial charge in [-0.25, -0.2) is 9.69 Å². The van der Waals surface area contributed by atoms with Crippen molar-refractivity contribution in [2.75, 3.05) is 11.5 Å². The van der Waals surface area contributed by atoms with Crippen LogP contribution in [-0.4, -0.2) is 24.5 Å². The van der Waals surface area contributed by atoms with Crippen LogP contribution in [-0.2, 0) is 9.59 Å². The first kappa shape index (κ1) is 21.8. The minimum absolute atomic E-state index is 0.0889. The lowest BCUT2D eigenvalue weighted by Gasteiger charge is -2.27. The molecule has 2 aromatic rings. The molecule has 8 heteroatoms. The summed E-state index contributed by atoms with van der Waals surface area (Å²) in [5.74, 6) is 1.42. The average molecular weight is 532 g/mol. The van der Waals surface area contributed by atoms with Crippen molar-refractivity contribution in [3.05, 3.63) is 61.5 Å². The predicted octanol–water partition coefficient (Wildman–Crippen LogP) is 4.51. The molecule has 1 heterocycles. The Labute approximate surface area is 190 Å². The number of benzene rings is 2. The molecule has 0 unspecified atom stereocenters. The molecule has 1 saturated heterocycles. The zero-order valence-corrected chi connectivity index (χ0v) is 19.3. The Kier molecular flexibility index (Phi) is 6.44. The van der Waals surface area contributed by atoms with Crippen molar-refractivity contribution in [3.63, 3.8) is 0 Å². The second-order valence-electron chi connectivity index (χ2n) is 6.53. The second-order valence-corrected chi connectivity index (χ2v) is 8.24. The minimum Gasteiger partial charge on any atom is -0.479 e. The van der Waals surface area contributed by atoms with Gasteiger partial charge in [-0.1, -0.05) is 12.0 Å². The largest absolute Gasteiger partial charge is 0.479 e. The van der Waals surface area contributed by atoms with Crippen molar-refractivity contribution in [3.8, 4) is 18.1 Å². The number of terminal acetylenes is 1. The van der Waals surface area contributed by atoms with Gasteiger partial charge in [-0.3, -0.25) is 14.9 Å². The molecule has 0 saturated carbocycles. The number of halogens is 2. The fraction of sp³-hybridized carbons (Fsp3) is 0.136. The number of hydrogen-bond acceptors (Lipinski definition) is 4. The summed E-state index contributed by atoms with van der Waals surface area (Å²) in [7, 11) is 0. The number of aryl methyl sites for hydroxylation is 2. The Morgan fingerprint density at radius 1 is 1.10 bits per heavy atom. The highest BCUT2D eigenvalue weighted by molar-refractivity contribution is 9.11. The highest BCUT2D eigenvalue weighted by atomic mass is 79.9. The van der Waals surface area contributed by atoms with Crippen LogP contribution in [0.4, 0.5) is 10.5 Å². The fourth-order valence-corrected chi connectivity index (χ4v) is 4.29. The number of amides is 4. The summed E-state index contributed by atoms with van der Waals surface area (Å²) in [6.07, 6.45) is 6.64. The lowest BCUT2D eigenvalue weighted by atomic mass is 10.1. The molecule has 0 radical (unpaired) electrons. The van der Waals surface area contributed by atoms with Crippen LogP contribution in [0.25, 0.3) is 6.08 Å². The van der Waals surface area contributed by atoms with E-state index >= 15 is 0 Å². The molecule has 0 bridgehead atoms. The number of nitrogens with one attached hydrogen (secondary N) is 1. The summed E-state index contributed by atoms with van der Waals surface area (Å²) in [6, 6.07) is 7.78. The van der Waals surface area contributed by atoms with Crippen molar-refractivity contribution in [2.45, 2.75) is 13.8 Å². The normalized spacial score (nSPS) is 15.2. The molecule has 0 atom stereocenters. The molecule has 30 heavy (non-hydrogen) atoms. The van der Waals surface area contributed by atoms with Crippen LogP contribution in [0.3, 0.4) is 0 Å². The van der Waals surface area contributed by atoms with E-state index in [-0.39, 0.29) is 12.2 Å². The van der Waals surface area contributed by atoms with Gasteiger partial charge in [-0.2, -0.15) is 0 Å². The molecule has 0 aromatic heterocycles. The van der Waals surface area contributed by atoms with E-state index in [2.05, 4.69) is 43.1 Å². The van der Waals surface area contributed by atoms with Crippen LogP contribution in [0.5, 0.6) is 5.75 Å². The number of urea groups is 1. The third-order valence-electron chi connectivity index (χ3n) is 4.48. The van der Waals surface area contributed by atoms with Gasteiger partial charge in [0.1, 0.15) is 17.9 Å². The lowest BCUT2D eigenvalue weighted by Crippen LogP contribution is -2.54. The van der Waals surface area contributed by atoms with E-state index in [1.165, 1.54) is 6.08 Å². The molecular formula is C22H16Br2N2O4. The van der Waals surface area contributed by atoms with Crippen molar-refractivity contribution < 1.29 is 19.1 Å². The first-order chi connectivity index (χ1) is 14.2. The van der Waals surface area contributed by atoms with Crippen LogP contribution in [0.15, 0.2) is 44.9 Å². The standard InChI is InChI=1S/C22H16Br2N2O4/c1-4-7-30-19-17(23)10-14(11-18(19)24)9-16-20(27)25-22(29)26(21(16)28)15-6-5-12(2)13(3)8-15/h1,5-6,8-11H,7H2,2-3H3,(H,25,27,29)/b16-9+. The number of ether oxygens (including phenoxy) is 1. The van der Waals surface area contributed by atoms with E-state index in [1.54, 1.807) is 24.3 Å². The van der Waals surface area contributed by atoms with Gasteiger partial charge in [0.05, 0.1) is 14.6 Å². The van der Waals surface area contributed by atoms with E-state index in [9.17, 15) is 14.4 Å². The van der Waals surface area contributed by atoms with Crippen molar-refractivity contribution in [1.82, 2.24) is 5.32 Å². The highest BCUT2D eigenvalue weighted by Crippen LogP contribution is 2.35. The molecule has 1 fully saturated rings. The first-order valence-corrected chi connectivity index (χ1v) is 10.4. The van der Waals surface area contributed by atoms with Gasteiger partial charge >= 0.3 is 6.03 Å². The number of rotatable bonds is 4. The Hall–Kier alpha value is -2.89. The van der Waals surface area contributed by atoms with Crippen LogP contribution in [0.1, 0.15) is 16.7 Å². The summed E-state index contributed by atoms with van der Waals surface area (Å²) < 4.78 is 6.64. The van der Waals surface area contributed by atoms with E-state index < -0.39 is 17.8 Å². The molecule has 1 aliphatic rings. The van der Waals surface area contributed by atoms with E-state index in [4.69, 9.17) is 11.2 Å². The second kappa shape index (κ2) is 8.86. The maximum atomic E-state index is 13.0. The van der Waals surface area contributed by atoms with Gasteiger partial charge in [-0.05, 0) is 92.7 Å². The molecular weight excluding hydrogens is 516 g/mol. The van der Waals surface area contributed by atoms with Gasteiger partial charge in [0, 0.05) is 0 Å². The third-order valence-corrected chi connectivity index (χ3v) is 5.66. The van der Waals surface area contributed by atoms with Crippen LogP contribution in [0.2, 0.25) is 0 Å². The quantitative estimate of drug-likeness (QED) is 0.358. The smallest absolute Gasteiger partial charge is 0.335 e. The van der Waals surface area contributed by atoms with Gasteiger partial charge < -0.3 is 4.74 Å². The van der Waals surface area contributed by atoms with E-state index in [1.807, 2.05) is 19.9 Å². The maximum absolute atomic E-state index is 13.0. The molecule has 2 aromatic carbocycles. The molecule has 1 N–H and O–H groups in total. The van der Waals surface area contributed by atoms with Crippen LogP contribution >= 0.6 is 31.9 Å². The van der Waals surface area contributed by atoms with Gasteiger partial charge in [0.25, 0.3) is 11.8 Å². The van der Waals surface area contributed by atoms with E-state index in [0.29, 0.717) is 25.9 Å². The maximum Gasteiger partial charge on any atom is 0.335 e. The van der Waals surface area contributed by atoms with E-state index in [0.717, 1.165) is 16.0 Å². The number of hydrogen-bond donors (Lipinski definition) is 1. The fourth-order valence-electron chi connectivity index (χ4n) is 2.84.